The molecule has 1 N–H and O–H groups in total. The van der Waals surface area contributed by atoms with Crippen molar-refractivity contribution in [2.45, 2.75) is 6.92 Å². The average Bonchev–Trinajstić information content (AvgIpc) is 2.94. The third kappa shape index (κ3) is 3.37. The van der Waals surface area contributed by atoms with E-state index in [1.165, 1.54) is 11.5 Å². The smallest absolute Gasteiger partial charge is 0.257 e. The fourth-order valence-electron chi connectivity index (χ4n) is 2.68. The zero-order chi connectivity index (χ0) is 18.1. The summed E-state index contributed by atoms with van der Waals surface area (Å²) in [5.74, 6) is -0.452. The van der Waals surface area contributed by atoms with Gasteiger partial charge in [-0.15, -0.1) is 0 Å². The highest BCUT2D eigenvalue weighted by Gasteiger charge is 2.17. The number of carbonyl (C=O) groups excluding carboxylic acids is 2. The summed E-state index contributed by atoms with van der Waals surface area (Å²) in [6, 6.07) is 12.7. The Morgan fingerprint density at radius 1 is 1.08 bits per heavy atom. The molecule has 0 aliphatic heterocycles. The second kappa shape index (κ2) is 6.61. The Labute approximate surface area is 150 Å². The van der Waals surface area contributed by atoms with Crippen molar-refractivity contribution in [1.82, 2.24) is 4.57 Å². The van der Waals surface area contributed by atoms with E-state index in [1.807, 2.05) is 43.3 Å². The number of anilines is 2. The first-order valence-electron chi connectivity index (χ1n) is 7.77. The number of benzene rings is 2. The minimum Gasteiger partial charge on any atom is -0.378 e. The van der Waals surface area contributed by atoms with Gasteiger partial charge >= 0.3 is 0 Å². The van der Waals surface area contributed by atoms with Gasteiger partial charge in [-0.3, -0.25) is 14.2 Å². The monoisotopic (exact) mass is 355 g/mol. The number of halogens is 1. The number of amides is 1. The van der Waals surface area contributed by atoms with Gasteiger partial charge in [-0.2, -0.15) is 0 Å². The predicted octanol–water partition coefficient (Wildman–Crippen LogP) is 4.27. The van der Waals surface area contributed by atoms with Crippen LogP contribution in [0.2, 0.25) is 5.02 Å². The molecule has 6 heteroatoms. The summed E-state index contributed by atoms with van der Waals surface area (Å²) in [4.78, 5) is 26.5. The van der Waals surface area contributed by atoms with Crippen molar-refractivity contribution >= 4 is 45.7 Å². The van der Waals surface area contributed by atoms with Gasteiger partial charge in [0.05, 0.1) is 11.1 Å². The van der Waals surface area contributed by atoms with Crippen molar-refractivity contribution in [3.05, 3.63) is 59.2 Å². The molecule has 0 saturated heterocycles. The molecule has 0 fully saturated rings. The standard InChI is InChI=1S/C19H18ClN3O2/c1-12(24)23-11-17(16-9-4-13(20)10-18(16)23)19(25)21-14-5-7-15(8-6-14)22(2)3/h4-11H,1-3H3,(H,21,25). The van der Waals surface area contributed by atoms with Gasteiger partial charge in [0.2, 0.25) is 5.91 Å². The minimum atomic E-state index is -0.273. The number of carbonyl (C=O) groups is 2. The third-order valence-corrected chi connectivity index (χ3v) is 4.23. The summed E-state index contributed by atoms with van der Waals surface area (Å²) in [5, 5.41) is 4.06. The van der Waals surface area contributed by atoms with E-state index in [0.29, 0.717) is 27.2 Å². The number of fused-ring (bicyclic) bond motifs is 1. The number of rotatable bonds is 3. The van der Waals surface area contributed by atoms with Crippen LogP contribution in [0.15, 0.2) is 48.7 Å². The van der Waals surface area contributed by atoms with Crippen molar-refractivity contribution in [1.29, 1.82) is 0 Å². The SMILES string of the molecule is CC(=O)n1cc(C(=O)Nc2ccc(N(C)C)cc2)c2ccc(Cl)cc21. The van der Waals surface area contributed by atoms with Gasteiger partial charge in [0.1, 0.15) is 0 Å². The summed E-state index contributed by atoms with van der Waals surface area (Å²) < 4.78 is 1.44. The molecule has 25 heavy (non-hydrogen) atoms. The van der Waals surface area contributed by atoms with Crippen LogP contribution in [0.25, 0.3) is 10.9 Å². The molecule has 0 radical (unpaired) electrons. The average molecular weight is 356 g/mol. The first-order valence-corrected chi connectivity index (χ1v) is 8.15. The van der Waals surface area contributed by atoms with Crippen molar-refractivity contribution in [2.75, 3.05) is 24.3 Å². The van der Waals surface area contributed by atoms with E-state index in [1.54, 1.807) is 24.4 Å². The fourth-order valence-corrected chi connectivity index (χ4v) is 2.85. The lowest BCUT2D eigenvalue weighted by Gasteiger charge is -2.13. The largest absolute Gasteiger partial charge is 0.378 e. The van der Waals surface area contributed by atoms with Gasteiger partial charge < -0.3 is 10.2 Å². The maximum absolute atomic E-state index is 12.7. The second-order valence-corrected chi connectivity index (χ2v) is 6.43. The normalized spacial score (nSPS) is 10.7. The molecular weight excluding hydrogens is 338 g/mol. The van der Waals surface area contributed by atoms with E-state index in [0.717, 1.165) is 5.69 Å². The highest BCUT2D eigenvalue weighted by molar-refractivity contribution is 6.31. The molecule has 5 nitrogen and oxygen atoms in total. The molecular formula is C19H18ClN3O2. The Hall–Kier alpha value is -2.79. The Morgan fingerprint density at radius 3 is 2.36 bits per heavy atom. The Kier molecular flexibility index (Phi) is 4.51. The van der Waals surface area contributed by atoms with Gasteiger partial charge in [0.25, 0.3) is 5.91 Å². The lowest BCUT2D eigenvalue weighted by atomic mass is 10.1. The first-order chi connectivity index (χ1) is 11.9. The molecule has 1 heterocycles. The molecule has 0 atom stereocenters. The molecule has 0 aliphatic rings. The van der Waals surface area contributed by atoms with Crippen molar-refractivity contribution < 1.29 is 9.59 Å². The molecule has 0 unspecified atom stereocenters. The fraction of sp³-hybridized carbons (Fsp3) is 0.158. The van der Waals surface area contributed by atoms with E-state index >= 15 is 0 Å². The molecule has 128 valence electrons. The van der Waals surface area contributed by atoms with E-state index in [-0.39, 0.29) is 11.8 Å². The van der Waals surface area contributed by atoms with E-state index < -0.39 is 0 Å². The maximum atomic E-state index is 12.7. The first kappa shape index (κ1) is 17.0. The van der Waals surface area contributed by atoms with Crippen molar-refractivity contribution in [2.24, 2.45) is 0 Å². The van der Waals surface area contributed by atoms with Crippen LogP contribution in [0, 0.1) is 0 Å². The van der Waals surface area contributed by atoms with Crippen molar-refractivity contribution in [3.63, 3.8) is 0 Å². The summed E-state index contributed by atoms with van der Waals surface area (Å²) in [6.45, 7) is 1.45. The van der Waals surface area contributed by atoms with Gasteiger partial charge in [-0.25, -0.2) is 0 Å². The molecule has 0 saturated carbocycles. The number of hydrogen-bond acceptors (Lipinski definition) is 3. The van der Waals surface area contributed by atoms with Crippen LogP contribution in [0.4, 0.5) is 11.4 Å². The molecule has 1 amide bonds. The molecule has 0 aliphatic carbocycles. The van der Waals surface area contributed by atoms with Crippen LogP contribution in [0.5, 0.6) is 0 Å². The molecule has 1 aromatic heterocycles. The Bertz CT molecular complexity index is 959. The van der Waals surface area contributed by atoms with Crippen LogP contribution >= 0.6 is 11.6 Å². The topological polar surface area (TPSA) is 54.3 Å². The lowest BCUT2D eigenvalue weighted by Crippen LogP contribution is -2.12. The molecule has 0 spiro atoms. The van der Waals surface area contributed by atoms with Gasteiger partial charge in [-0.1, -0.05) is 17.7 Å². The summed E-state index contributed by atoms with van der Waals surface area (Å²) in [7, 11) is 3.91. The van der Waals surface area contributed by atoms with Crippen LogP contribution in [-0.2, 0) is 0 Å². The highest BCUT2D eigenvalue weighted by atomic mass is 35.5. The van der Waals surface area contributed by atoms with Crippen LogP contribution in [0.1, 0.15) is 22.1 Å². The minimum absolute atomic E-state index is 0.179. The molecule has 3 rings (SSSR count). The number of nitrogens with one attached hydrogen (secondary N) is 1. The molecule has 2 aromatic carbocycles. The quantitative estimate of drug-likeness (QED) is 0.763. The van der Waals surface area contributed by atoms with E-state index in [4.69, 9.17) is 11.6 Å². The Morgan fingerprint density at radius 2 is 1.76 bits per heavy atom. The van der Waals surface area contributed by atoms with Crippen LogP contribution in [0.3, 0.4) is 0 Å². The second-order valence-electron chi connectivity index (χ2n) is 5.99. The lowest BCUT2D eigenvalue weighted by molar-refractivity contribution is 0.0941. The van der Waals surface area contributed by atoms with E-state index in [2.05, 4.69) is 5.32 Å². The highest BCUT2D eigenvalue weighted by Crippen LogP contribution is 2.26. The zero-order valence-electron chi connectivity index (χ0n) is 14.2. The molecule has 0 bridgehead atoms. The van der Waals surface area contributed by atoms with E-state index in [9.17, 15) is 9.59 Å². The van der Waals surface area contributed by atoms with Crippen LogP contribution in [-0.4, -0.2) is 30.5 Å². The summed E-state index contributed by atoms with van der Waals surface area (Å²) >= 11 is 6.03. The van der Waals surface area contributed by atoms with Gasteiger partial charge in [0.15, 0.2) is 0 Å². The summed E-state index contributed by atoms with van der Waals surface area (Å²) in [6.07, 6.45) is 1.55. The summed E-state index contributed by atoms with van der Waals surface area (Å²) in [5.41, 5.74) is 2.78. The number of hydrogen-bond donors (Lipinski definition) is 1. The van der Waals surface area contributed by atoms with Crippen LogP contribution < -0.4 is 10.2 Å². The Balaban J connectivity index is 1.95. The number of aromatic nitrogens is 1. The van der Waals surface area contributed by atoms with Gasteiger partial charge in [-0.05, 0) is 36.4 Å². The van der Waals surface area contributed by atoms with Crippen molar-refractivity contribution in [3.8, 4) is 0 Å². The maximum Gasteiger partial charge on any atom is 0.257 e. The predicted molar refractivity (Wildman–Crippen MR) is 102 cm³/mol. The zero-order valence-corrected chi connectivity index (χ0v) is 15.0. The third-order valence-electron chi connectivity index (χ3n) is 3.99. The number of nitrogens with zero attached hydrogens (tertiary/aromatic N) is 2. The molecule has 3 aromatic rings. The van der Waals surface area contributed by atoms with Gasteiger partial charge in [0, 0.05) is 49.0 Å².